The lowest BCUT2D eigenvalue weighted by Crippen LogP contribution is -2.41. The third-order valence-electron chi connectivity index (χ3n) is 5.27. The summed E-state index contributed by atoms with van der Waals surface area (Å²) in [6.07, 6.45) is 2.91. The van der Waals surface area contributed by atoms with Gasteiger partial charge in [-0.25, -0.2) is 0 Å². The first-order chi connectivity index (χ1) is 13.2. The van der Waals surface area contributed by atoms with Crippen molar-refractivity contribution in [1.29, 1.82) is 0 Å². The van der Waals surface area contributed by atoms with E-state index in [1.54, 1.807) is 4.90 Å². The van der Waals surface area contributed by atoms with Crippen LogP contribution >= 0.6 is 0 Å². The van der Waals surface area contributed by atoms with Gasteiger partial charge in [-0.3, -0.25) is 9.59 Å². The number of amides is 2. The van der Waals surface area contributed by atoms with Gasteiger partial charge in [-0.15, -0.1) is 0 Å². The van der Waals surface area contributed by atoms with Crippen LogP contribution in [0.15, 0.2) is 54.6 Å². The Labute approximate surface area is 159 Å². The molecule has 2 aromatic carbocycles. The number of rotatable bonds is 6. The van der Waals surface area contributed by atoms with E-state index in [2.05, 4.69) is 17.4 Å². The Morgan fingerprint density at radius 1 is 1.11 bits per heavy atom. The number of nitrogens with zero attached hydrogens (tertiary/aromatic N) is 1. The maximum atomic E-state index is 12.6. The number of anilines is 2. The fourth-order valence-corrected chi connectivity index (χ4v) is 3.68. The lowest BCUT2D eigenvalue weighted by molar-refractivity contribution is -0.125. The van der Waals surface area contributed by atoms with Crippen LogP contribution in [-0.4, -0.2) is 31.6 Å². The van der Waals surface area contributed by atoms with Gasteiger partial charge in [0.25, 0.3) is 5.91 Å². The first kappa shape index (κ1) is 17.7. The molecule has 1 saturated carbocycles. The Morgan fingerprint density at radius 3 is 2.52 bits per heavy atom. The first-order valence-electron chi connectivity index (χ1n) is 9.53. The van der Waals surface area contributed by atoms with Crippen molar-refractivity contribution in [1.82, 2.24) is 0 Å². The normalized spacial score (nSPS) is 18.2. The van der Waals surface area contributed by atoms with Crippen molar-refractivity contribution < 1.29 is 14.3 Å². The van der Waals surface area contributed by atoms with Crippen LogP contribution in [0.2, 0.25) is 0 Å². The summed E-state index contributed by atoms with van der Waals surface area (Å²) in [6.45, 7) is 1.23. The molecule has 2 aliphatic rings. The molecule has 140 valence electrons. The average molecular weight is 364 g/mol. The molecule has 1 heterocycles. The van der Waals surface area contributed by atoms with Crippen LogP contribution in [0.3, 0.4) is 0 Å². The average Bonchev–Trinajstić information content (AvgIpc) is 3.53. The van der Waals surface area contributed by atoms with Gasteiger partial charge in [0, 0.05) is 24.3 Å². The maximum absolute atomic E-state index is 12.6. The number of carbonyl (C=O) groups is 2. The molecule has 1 atom stereocenters. The Kier molecular flexibility index (Phi) is 5.21. The van der Waals surface area contributed by atoms with Crippen LogP contribution in [0.25, 0.3) is 0 Å². The number of morpholine rings is 1. The van der Waals surface area contributed by atoms with Gasteiger partial charge in [0.2, 0.25) is 5.91 Å². The van der Waals surface area contributed by atoms with Crippen molar-refractivity contribution in [3.8, 4) is 0 Å². The molecule has 1 saturated heterocycles. The quantitative estimate of drug-likeness (QED) is 0.852. The largest absolute Gasteiger partial charge is 0.370 e. The van der Waals surface area contributed by atoms with E-state index in [-0.39, 0.29) is 24.3 Å². The predicted octanol–water partition coefficient (Wildman–Crippen LogP) is 3.57. The van der Waals surface area contributed by atoms with E-state index in [9.17, 15) is 9.59 Å². The van der Waals surface area contributed by atoms with Gasteiger partial charge < -0.3 is 15.0 Å². The second kappa shape index (κ2) is 7.92. The zero-order chi connectivity index (χ0) is 18.6. The van der Waals surface area contributed by atoms with E-state index in [0.29, 0.717) is 25.5 Å². The van der Waals surface area contributed by atoms with Gasteiger partial charge in [0.15, 0.2) is 0 Å². The van der Waals surface area contributed by atoms with Crippen LogP contribution < -0.4 is 10.2 Å². The zero-order valence-electron chi connectivity index (χ0n) is 15.3. The van der Waals surface area contributed by atoms with Crippen LogP contribution in [-0.2, 0) is 14.3 Å². The summed E-state index contributed by atoms with van der Waals surface area (Å²) in [5, 5.41) is 3.00. The van der Waals surface area contributed by atoms with Crippen LogP contribution in [0, 0.1) is 5.92 Å². The number of nitrogens with one attached hydrogen (secondary N) is 1. The Balaban J connectivity index is 1.38. The van der Waals surface area contributed by atoms with Crippen LogP contribution in [0.1, 0.15) is 30.7 Å². The first-order valence-corrected chi connectivity index (χ1v) is 9.53. The molecule has 1 unspecified atom stereocenters. The predicted molar refractivity (Wildman–Crippen MR) is 105 cm³/mol. The number of ether oxygens (including phenoxy) is 1. The van der Waals surface area contributed by atoms with E-state index in [1.807, 2.05) is 42.5 Å². The number of hydrogen-bond acceptors (Lipinski definition) is 3. The minimum absolute atomic E-state index is 0.0333. The topological polar surface area (TPSA) is 58.6 Å². The highest BCUT2D eigenvalue weighted by Crippen LogP contribution is 2.44. The molecular weight excluding hydrogens is 340 g/mol. The minimum atomic E-state index is -0.0341. The van der Waals surface area contributed by atoms with Crippen molar-refractivity contribution in [2.75, 3.05) is 30.0 Å². The van der Waals surface area contributed by atoms with Crippen molar-refractivity contribution in [2.24, 2.45) is 5.92 Å². The van der Waals surface area contributed by atoms with Crippen molar-refractivity contribution in [2.45, 2.75) is 25.2 Å². The Bertz CT molecular complexity index is 800. The van der Waals surface area contributed by atoms with Crippen molar-refractivity contribution in [3.63, 3.8) is 0 Å². The van der Waals surface area contributed by atoms with Gasteiger partial charge in [-0.05, 0) is 54.5 Å². The molecule has 5 nitrogen and oxygen atoms in total. The van der Waals surface area contributed by atoms with Crippen LogP contribution in [0.5, 0.6) is 0 Å². The van der Waals surface area contributed by atoms with Crippen molar-refractivity contribution in [3.05, 3.63) is 60.2 Å². The maximum Gasteiger partial charge on any atom is 0.253 e. The van der Waals surface area contributed by atoms with Crippen molar-refractivity contribution >= 4 is 23.2 Å². The van der Waals surface area contributed by atoms with Crippen LogP contribution in [0.4, 0.5) is 11.4 Å². The van der Waals surface area contributed by atoms with Gasteiger partial charge in [0.1, 0.15) is 6.61 Å². The second-order valence-corrected chi connectivity index (χ2v) is 7.25. The number of hydrogen-bond donors (Lipinski definition) is 1. The molecule has 0 spiro atoms. The monoisotopic (exact) mass is 364 g/mol. The van der Waals surface area contributed by atoms with Gasteiger partial charge >= 0.3 is 0 Å². The highest BCUT2D eigenvalue weighted by atomic mass is 16.5. The minimum Gasteiger partial charge on any atom is -0.370 e. The van der Waals surface area contributed by atoms with E-state index < -0.39 is 0 Å². The summed E-state index contributed by atoms with van der Waals surface area (Å²) in [7, 11) is 0. The fraction of sp³-hybridized carbons (Fsp3) is 0.364. The second-order valence-electron chi connectivity index (χ2n) is 7.25. The van der Waals surface area contributed by atoms with Gasteiger partial charge in [-0.1, -0.05) is 30.3 Å². The van der Waals surface area contributed by atoms with Gasteiger partial charge in [0.05, 0.1) is 6.61 Å². The SMILES string of the molecule is O=C(CC(c1ccccc1)C1CC1)Nc1ccc(N2CCOCC2=O)cc1. The molecule has 27 heavy (non-hydrogen) atoms. The summed E-state index contributed by atoms with van der Waals surface area (Å²) in [5.74, 6) is 0.906. The number of benzene rings is 2. The summed E-state index contributed by atoms with van der Waals surface area (Å²) in [5.41, 5.74) is 2.84. The molecule has 1 aliphatic heterocycles. The highest BCUT2D eigenvalue weighted by Gasteiger charge is 2.33. The molecule has 0 aromatic heterocycles. The molecule has 1 N–H and O–H groups in total. The molecule has 0 radical (unpaired) electrons. The molecule has 1 aliphatic carbocycles. The zero-order valence-corrected chi connectivity index (χ0v) is 15.3. The summed E-state index contributed by atoms with van der Waals surface area (Å²) in [4.78, 5) is 26.2. The molecule has 0 bridgehead atoms. The molecule has 5 heteroatoms. The standard InChI is InChI=1S/C22H24N2O3/c25-21(14-20(17-6-7-17)16-4-2-1-3-5-16)23-18-8-10-19(11-9-18)24-12-13-27-15-22(24)26/h1-5,8-11,17,20H,6-7,12-15H2,(H,23,25). The summed E-state index contributed by atoms with van der Waals surface area (Å²) < 4.78 is 5.16. The highest BCUT2D eigenvalue weighted by molar-refractivity contribution is 5.95. The summed E-state index contributed by atoms with van der Waals surface area (Å²) >= 11 is 0. The number of carbonyl (C=O) groups excluding carboxylic acids is 2. The third-order valence-corrected chi connectivity index (χ3v) is 5.27. The van der Waals surface area contributed by atoms with E-state index >= 15 is 0 Å². The fourth-order valence-electron chi connectivity index (χ4n) is 3.68. The van der Waals surface area contributed by atoms with E-state index in [0.717, 1.165) is 11.4 Å². The van der Waals surface area contributed by atoms with E-state index in [4.69, 9.17) is 4.74 Å². The Morgan fingerprint density at radius 2 is 1.85 bits per heavy atom. The molecule has 2 aromatic rings. The molecular formula is C22H24N2O3. The third kappa shape index (κ3) is 4.37. The Hall–Kier alpha value is -2.66. The summed E-state index contributed by atoms with van der Waals surface area (Å²) in [6, 6.07) is 17.8. The smallest absolute Gasteiger partial charge is 0.253 e. The van der Waals surface area contributed by atoms with E-state index in [1.165, 1.54) is 18.4 Å². The molecule has 4 rings (SSSR count). The molecule has 2 fully saturated rings. The van der Waals surface area contributed by atoms with Gasteiger partial charge in [-0.2, -0.15) is 0 Å². The lowest BCUT2D eigenvalue weighted by Gasteiger charge is -2.27. The lowest BCUT2D eigenvalue weighted by atomic mass is 9.91. The molecule has 2 amide bonds.